The van der Waals surface area contributed by atoms with Crippen LogP contribution >= 0.6 is 15.9 Å². The van der Waals surface area contributed by atoms with Gasteiger partial charge >= 0.3 is 5.97 Å². The SMILES string of the molecule is O=C(O)[C@H]1CC[C@@H](C(=O)N2CCc3cc(Br)ccc32)O1. The van der Waals surface area contributed by atoms with Gasteiger partial charge in [-0.3, -0.25) is 4.79 Å². The summed E-state index contributed by atoms with van der Waals surface area (Å²) in [5, 5.41) is 8.91. The van der Waals surface area contributed by atoms with E-state index >= 15 is 0 Å². The molecular weight excluding hydrogens is 326 g/mol. The van der Waals surface area contributed by atoms with E-state index in [9.17, 15) is 9.59 Å². The van der Waals surface area contributed by atoms with Crippen LogP contribution in [0.25, 0.3) is 0 Å². The van der Waals surface area contributed by atoms with E-state index < -0.39 is 18.2 Å². The number of hydrogen-bond acceptors (Lipinski definition) is 3. The van der Waals surface area contributed by atoms with E-state index in [2.05, 4.69) is 15.9 Å². The summed E-state index contributed by atoms with van der Waals surface area (Å²) in [7, 11) is 0. The van der Waals surface area contributed by atoms with Crippen molar-refractivity contribution in [3.05, 3.63) is 28.2 Å². The highest BCUT2D eigenvalue weighted by molar-refractivity contribution is 9.10. The summed E-state index contributed by atoms with van der Waals surface area (Å²) in [6.45, 7) is 0.627. The third-order valence-electron chi connectivity index (χ3n) is 3.77. The zero-order valence-corrected chi connectivity index (χ0v) is 12.3. The average molecular weight is 340 g/mol. The largest absolute Gasteiger partial charge is 0.479 e. The van der Waals surface area contributed by atoms with E-state index in [1.807, 2.05) is 18.2 Å². The topological polar surface area (TPSA) is 66.8 Å². The Morgan fingerprint density at radius 1 is 1.30 bits per heavy atom. The number of nitrogens with zero attached hydrogens (tertiary/aromatic N) is 1. The molecule has 0 radical (unpaired) electrons. The molecule has 5 nitrogen and oxygen atoms in total. The minimum Gasteiger partial charge on any atom is -0.479 e. The Bertz CT molecular complexity index is 574. The zero-order chi connectivity index (χ0) is 14.3. The van der Waals surface area contributed by atoms with E-state index in [1.54, 1.807) is 4.90 Å². The van der Waals surface area contributed by atoms with Crippen molar-refractivity contribution in [1.82, 2.24) is 0 Å². The van der Waals surface area contributed by atoms with Crippen LogP contribution in [0.3, 0.4) is 0 Å². The summed E-state index contributed by atoms with van der Waals surface area (Å²) >= 11 is 3.42. The van der Waals surface area contributed by atoms with Crippen molar-refractivity contribution in [3.8, 4) is 0 Å². The molecule has 0 unspecified atom stereocenters. The number of ether oxygens (including phenoxy) is 1. The molecule has 1 saturated heterocycles. The summed E-state index contributed by atoms with van der Waals surface area (Å²) in [5.74, 6) is -1.12. The summed E-state index contributed by atoms with van der Waals surface area (Å²) in [5.41, 5.74) is 2.03. The highest BCUT2D eigenvalue weighted by Crippen LogP contribution is 2.32. The second kappa shape index (κ2) is 5.18. The van der Waals surface area contributed by atoms with Gasteiger partial charge in [-0.05, 0) is 43.0 Å². The first kappa shape index (κ1) is 13.6. The Morgan fingerprint density at radius 3 is 2.75 bits per heavy atom. The minimum atomic E-state index is -0.994. The molecular formula is C14H14BrNO4. The zero-order valence-electron chi connectivity index (χ0n) is 10.7. The molecule has 1 N–H and O–H groups in total. The van der Waals surface area contributed by atoms with Crippen LogP contribution < -0.4 is 4.90 Å². The smallest absolute Gasteiger partial charge is 0.332 e. The molecule has 0 saturated carbocycles. The Balaban J connectivity index is 1.76. The standard InChI is InChI=1S/C14H14BrNO4/c15-9-1-2-10-8(7-9)5-6-16(10)13(17)11-3-4-12(20-11)14(18)19/h1-2,7,11-12H,3-6H2,(H,18,19)/t11-,12+/m0/s1. The predicted octanol–water partition coefficient (Wildman–Crippen LogP) is 1.97. The molecule has 106 valence electrons. The first-order valence-corrected chi connectivity index (χ1v) is 7.33. The lowest BCUT2D eigenvalue weighted by atomic mass is 10.1. The van der Waals surface area contributed by atoms with E-state index in [1.165, 1.54) is 0 Å². The van der Waals surface area contributed by atoms with E-state index in [0.717, 1.165) is 22.1 Å². The fourth-order valence-corrected chi connectivity index (χ4v) is 3.18. The molecule has 0 aliphatic carbocycles. The molecule has 2 aliphatic heterocycles. The molecule has 0 bridgehead atoms. The Labute approximate surface area is 124 Å². The highest BCUT2D eigenvalue weighted by atomic mass is 79.9. The van der Waals surface area contributed by atoms with Gasteiger partial charge < -0.3 is 14.7 Å². The fourth-order valence-electron chi connectivity index (χ4n) is 2.77. The van der Waals surface area contributed by atoms with Crippen molar-refractivity contribution < 1.29 is 19.4 Å². The van der Waals surface area contributed by atoms with Crippen LogP contribution in [0.15, 0.2) is 22.7 Å². The normalized spacial score (nSPS) is 24.8. The molecule has 0 spiro atoms. The molecule has 1 amide bonds. The van der Waals surface area contributed by atoms with Gasteiger partial charge in [0.1, 0.15) is 6.10 Å². The van der Waals surface area contributed by atoms with Crippen LogP contribution in [-0.2, 0) is 20.7 Å². The molecule has 6 heteroatoms. The van der Waals surface area contributed by atoms with Crippen molar-refractivity contribution in [2.45, 2.75) is 31.5 Å². The first-order chi connectivity index (χ1) is 9.56. The Morgan fingerprint density at radius 2 is 2.05 bits per heavy atom. The second-order valence-electron chi connectivity index (χ2n) is 5.04. The Hall–Kier alpha value is -1.40. The monoisotopic (exact) mass is 339 g/mol. The molecule has 2 heterocycles. The number of fused-ring (bicyclic) bond motifs is 1. The summed E-state index contributed by atoms with van der Waals surface area (Å²) < 4.78 is 6.33. The molecule has 20 heavy (non-hydrogen) atoms. The molecule has 1 fully saturated rings. The number of rotatable bonds is 2. The van der Waals surface area contributed by atoms with Gasteiger partial charge in [-0.2, -0.15) is 0 Å². The molecule has 1 aromatic carbocycles. The van der Waals surface area contributed by atoms with Gasteiger partial charge in [0.15, 0.2) is 6.10 Å². The molecule has 3 rings (SSSR count). The van der Waals surface area contributed by atoms with Crippen molar-refractivity contribution >= 4 is 33.5 Å². The van der Waals surface area contributed by atoms with Crippen LogP contribution in [0.2, 0.25) is 0 Å². The minimum absolute atomic E-state index is 0.130. The van der Waals surface area contributed by atoms with Crippen molar-refractivity contribution in [2.24, 2.45) is 0 Å². The number of carboxylic acids is 1. The number of carbonyl (C=O) groups is 2. The van der Waals surface area contributed by atoms with Crippen LogP contribution in [0.5, 0.6) is 0 Å². The van der Waals surface area contributed by atoms with Gasteiger partial charge in [0, 0.05) is 16.7 Å². The van der Waals surface area contributed by atoms with Crippen LogP contribution in [0.1, 0.15) is 18.4 Å². The predicted molar refractivity (Wildman–Crippen MR) is 75.7 cm³/mol. The number of benzene rings is 1. The number of anilines is 1. The van der Waals surface area contributed by atoms with E-state index in [0.29, 0.717) is 19.4 Å². The first-order valence-electron chi connectivity index (χ1n) is 6.54. The second-order valence-corrected chi connectivity index (χ2v) is 5.96. The number of halogens is 1. The lowest BCUT2D eigenvalue weighted by Crippen LogP contribution is -2.38. The summed E-state index contributed by atoms with van der Waals surface area (Å²) in [6.07, 6.45) is 0.196. The van der Waals surface area contributed by atoms with Gasteiger partial charge in [0.25, 0.3) is 5.91 Å². The van der Waals surface area contributed by atoms with Gasteiger partial charge in [0.2, 0.25) is 0 Å². The van der Waals surface area contributed by atoms with E-state index in [-0.39, 0.29) is 5.91 Å². The highest BCUT2D eigenvalue weighted by Gasteiger charge is 2.38. The van der Waals surface area contributed by atoms with Crippen LogP contribution in [0, 0.1) is 0 Å². The number of carboxylic acid groups (broad SMARTS) is 1. The lowest BCUT2D eigenvalue weighted by molar-refractivity contribution is -0.151. The maximum atomic E-state index is 12.5. The van der Waals surface area contributed by atoms with Gasteiger partial charge in [-0.25, -0.2) is 4.79 Å². The number of hydrogen-bond donors (Lipinski definition) is 1. The maximum absolute atomic E-state index is 12.5. The third kappa shape index (κ3) is 2.33. The summed E-state index contributed by atoms with van der Waals surface area (Å²) in [6, 6.07) is 5.83. The molecule has 2 atom stereocenters. The molecule has 2 aliphatic rings. The van der Waals surface area contributed by atoms with Crippen molar-refractivity contribution in [2.75, 3.05) is 11.4 Å². The van der Waals surface area contributed by atoms with Crippen molar-refractivity contribution in [1.29, 1.82) is 0 Å². The average Bonchev–Trinajstić information content (AvgIpc) is 3.04. The maximum Gasteiger partial charge on any atom is 0.332 e. The van der Waals surface area contributed by atoms with Crippen molar-refractivity contribution in [3.63, 3.8) is 0 Å². The number of amides is 1. The van der Waals surface area contributed by atoms with Gasteiger partial charge in [-0.15, -0.1) is 0 Å². The number of carbonyl (C=O) groups excluding carboxylic acids is 1. The summed E-state index contributed by atoms with van der Waals surface area (Å²) in [4.78, 5) is 25.0. The van der Waals surface area contributed by atoms with Crippen LogP contribution in [0.4, 0.5) is 5.69 Å². The molecule has 1 aromatic rings. The Kier molecular flexibility index (Phi) is 3.52. The lowest BCUT2D eigenvalue weighted by Gasteiger charge is -2.21. The van der Waals surface area contributed by atoms with Crippen LogP contribution in [-0.4, -0.2) is 35.7 Å². The third-order valence-corrected chi connectivity index (χ3v) is 4.27. The molecule has 0 aromatic heterocycles. The number of aliphatic carboxylic acids is 1. The fraction of sp³-hybridized carbons (Fsp3) is 0.429. The quantitative estimate of drug-likeness (QED) is 0.894. The van der Waals surface area contributed by atoms with Gasteiger partial charge in [0.05, 0.1) is 0 Å². The van der Waals surface area contributed by atoms with Gasteiger partial charge in [-0.1, -0.05) is 15.9 Å². The van der Waals surface area contributed by atoms with E-state index in [4.69, 9.17) is 9.84 Å².